The molecular formula is C21H24N6OS. The molecule has 2 N–H and O–H groups in total. The van der Waals surface area contributed by atoms with Crippen LogP contribution in [0.4, 0.5) is 5.82 Å². The van der Waals surface area contributed by atoms with Crippen LogP contribution in [0.15, 0.2) is 47.8 Å². The number of carbonyl (C=O) groups excluding carboxylic acids is 1. The zero-order valence-corrected chi connectivity index (χ0v) is 17.4. The fourth-order valence-corrected chi connectivity index (χ4v) is 3.81. The van der Waals surface area contributed by atoms with Gasteiger partial charge >= 0.3 is 0 Å². The van der Waals surface area contributed by atoms with E-state index in [1.165, 1.54) is 11.9 Å². The van der Waals surface area contributed by atoms with E-state index in [0.717, 1.165) is 46.0 Å². The van der Waals surface area contributed by atoms with Crippen molar-refractivity contribution >= 4 is 34.7 Å². The summed E-state index contributed by atoms with van der Waals surface area (Å²) >= 11 is 1.18. The number of nitrogens with zero attached hydrogens (tertiary/aromatic N) is 5. The van der Waals surface area contributed by atoms with Crippen LogP contribution in [-0.2, 0) is 4.79 Å². The van der Waals surface area contributed by atoms with Gasteiger partial charge in [-0.1, -0.05) is 19.9 Å². The van der Waals surface area contributed by atoms with Gasteiger partial charge in [-0.05, 0) is 35.7 Å². The number of aromatic nitrogens is 3. The highest BCUT2D eigenvalue weighted by molar-refractivity contribution is 7.97. The van der Waals surface area contributed by atoms with Crippen molar-refractivity contribution in [1.82, 2.24) is 19.9 Å². The maximum Gasteiger partial charge on any atom is 0.225 e. The number of hydrogen-bond donors (Lipinski definition) is 1. The highest BCUT2D eigenvalue weighted by Gasteiger charge is 2.23. The second-order valence-electron chi connectivity index (χ2n) is 7.43. The van der Waals surface area contributed by atoms with Crippen LogP contribution >= 0.6 is 11.9 Å². The van der Waals surface area contributed by atoms with Gasteiger partial charge in [-0.2, -0.15) is 0 Å². The average molecular weight is 409 g/mol. The van der Waals surface area contributed by atoms with Crippen molar-refractivity contribution in [2.24, 2.45) is 11.1 Å². The number of fused-ring (bicyclic) bond motifs is 1. The Hall–Kier alpha value is -2.71. The third kappa shape index (κ3) is 4.18. The third-order valence-corrected chi connectivity index (χ3v) is 5.62. The van der Waals surface area contributed by atoms with Gasteiger partial charge in [-0.25, -0.2) is 4.98 Å². The Morgan fingerprint density at radius 2 is 1.83 bits per heavy atom. The molecule has 3 aromatic rings. The summed E-state index contributed by atoms with van der Waals surface area (Å²) in [6.45, 7) is 6.84. The molecule has 4 rings (SSSR count). The van der Waals surface area contributed by atoms with Gasteiger partial charge in [0.25, 0.3) is 0 Å². The van der Waals surface area contributed by atoms with Crippen LogP contribution in [0.2, 0.25) is 0 Å². The molecule has 150 valence electrons. The van der Waals surface area contributed by atoms with Crippen LogP contribution < -0.4 is 10.0 Å². The van der Waals surface area contributed by atoms with Gasteiger partial charge in [-0.15, -0.1) is 0 Å². The van der Waals surface area contributed by atoms with Crippen LogP contribution in [0.5, 0.6) is 0 Å². The van der Waals surface area contributed by atoms with Crippen molar-refractivity contribution in [3.8, 4) is 11.1 Å². The number of rotatable bonds is 4. The Morgan fingerprint density at radius 3 is 2.55 bits per heavy atom. The van der Waals surface area contributed by atoms with Crippen LogP contribution in [0.3, 0.4) is 0 Å². The maximum atomic E-state index is 12.2. The van der Waals surface area contributed by atoms with E-state index in [4.69, 9.17) is 10.1 Å². The van der Waals surface area contributed by atoms with Gasteiger partial charge in [0.15, 0.2) is 0 Å². The van der Waals surface area contributed by atoms with Gasteiger partial charge in [0.2, 0.25) is 5.91 Å². The van der Waals surface area contributed by atoms with Crippen LogP contribution in [0.1, 0.15) is 13.8 Å². The van der Waals surface area contributed by atoms with Crippen molar-refractivity contribution in [1.29, 1.82) is 0 Å². The molecule has 0 unspecified atom stereocenters. The Balaban J connectivity index is 1.57. The van der Waals surface area contributed by atoms with E-state index in [2.05, 4.69) is 14.9 Å². The van der Waals surface area contributed by atoms with Gasteiger partial charge in [0.1, 0.15) is 5.82 Å². The Bertz CT molecular complexity index is 1030. The molecule has 2 aromatic heterocycles. The summed E-state index contributed by atoms with van der Waals surface area (Å²) in [5.74, 6) is 1.09. The third-order valence-electron chi connectivity index (χ3n) is 5.12. The Morgan fingerprint density at radius 1 is 1.03 bits per heavy atom. The molecule has 1 fully saturated rings. The molecule has 1 saturated heterocycles. The van der Waals surface area contributed by atoms with E-state index in [1.54, 1.807) is 6.20 Å². The van der Waals surface area contributed by atoms with E-state index >= 15 is 0 Å². The number of carbonyl (C=O) groups is 1. The normalized spacial score (nSPS) is 14.6. The molecule has 3 heterocycles. The first-order valence-electron chi connectivity index (χ1n) is 9.68. The van der Waals surface area contributed by atoms with Gasteiger partial charge in [0.05, 0.1) is 17.2 Å². The van der Waals surface area contributed by atoms with E-state index in [-0.39, 0.29) is 11.8 Å². The summed E-state index contributed by atoms with van der Waals surface area (Å²) in [7, 11) is 0. The summed E-state index contributed by atoms with van der Waals surface area (Å²) in [6, 6.07) is 8.05. The largest absolute Gasteiger partial charge is 0.352 e. The van der Waals surface area contributed by atoms with Crippen LogP contribution in [0.25, 0.3) is 22.2 Å². The second kappa shape index (κ2) is 8.34. The number of hydrogen-bond acceptors (Lipinski definition) is 7. The molecule has 0 aliphatic carbocycles. The lowest BCUT2D eigenvalue weighted by Crippen LogP contribution is -2.50. The summed E-state index contributed by atoms with van der Waals surface area (Å²) in [4.78, 5) is 30.9. The predicted octanol–water partition coefficient (Wildman–Crippen LogP) is 2.96. The molecule has 7 nitrogen and oxygen atoms in total. The van der Waals surface area contributed by atoms with Crippen molar-refractivity contribution in [2.45, 2.75) is 18.7 Å². The van der Waals surface area contributed by atoms with Crippen LogP contribution in [0, 0.1) is 5.92 Å². The fourth-order valence-electron chi connectivity index (χ4n) is 3.50. The molecule has 0 bridgehead atoms. The first kappa shape index (κ1) is 19.6. The average Bonchev–Trinajstić information content (AvgIpc) is 2.78. The van der Waals surface area contributed by atoms with Crippen molar-refractivity contribution in [2.75, 3.05) is 31.1 Å². The van der Waals surface area contributed by atoms with Crippen molar-refractivity contribution in [3.05, 3.63) is 42.9 Å². The minimum absolute atomic E-state index is 0.0334. The molecule has 1 aliphatic heterocycles. The van der Waals surface area contributed by atoms with E-state index < -0.39 is 0 Å². The zero-order chi connectivity index (χ0) is 20.4. The summed E-state index contributed by atoms with van der Waals surface area (Å²) in [5, 5.41) is 5.66. The van der Waals surface area contributed by atoms with E-state index in [1.807, 2.05) is 55.4 Å². The Kier molecular flexibility index (Phi) is 5.64. The zero-order valence-electron chi connectivity index (χ0n) is 16.6. The first-order chi connectivity index (χ1) is 14.0. The lowest BCUT2D eigenvalue weighted by atomic mass is 10.1. The monoisotopic (exact) mass is 408 g/mol. The molecule has 0 spiro atoms. The molecule has 8 heteroatoms. The molecule has 1 amide bonds. The number of anilines is 1. The SMILES string of the molecule is CC(C)C(=O)N1CCN(c2cnc3ccc(-c4cncc(SN)c4)cc3n2)CC1. The summed E-state index contributed by atoms with van der Waals surface area (Å²) in [5.41, 5.74) is 3.71. The summed E-state index contributed by atoms with van der Waals surface area (Å²) < 4.78 is 0. The van der Waals surface area contributed by atoms with Crippen molar-refractivity contribution in [3.63, 3.8) is 0 Å². The number of piperazine rings is 1. The quantitative estimate of drug-likeness (QED) is 0.664. The fraction of sp³-hybridized carbons (Fsp3) is 0.333. The standard InChI is InChI=1S/C21H24N6OS/c1-14(2)21(28)27-7-5-26(6-8-27)20-13-24-18-4-3-15(10-19(18)25-20)16-9-17(29-22)12-23-11-16/h3-4,9-14H,5-8,22H2,1-2H3. The summed E-state index contributed by atoms with van der Waals surface area (Å²) in [6.07, 6.45) is 5.38. The molecule has 1 aromatic carbocycles. The molecule has 0 atom stereocenters. The minimum atomic E-state index is 0.0334. The topological polar surface area (TPSA) is 88.2 Å². The number of benzene rings is 1. The van der Waals surface area contributed by atoms with Crippen molar-refractivity contribution < 1.29 is 4.79 Å². The molecule has 1 aliphatic rings. The molecule has 29 heavy (non-hydrogen) atoms. The highest BCUT2D eigenvalue weighted by Crippen LogP contribution is 2.26. The number of amides is 1. The van der Waals surface area contributed by atoms with E-state index in [0.29, 0.717) is 13.1 Å². The smallest absolute Gasteiger partial charge is 0.225 e. The second-order valence-corrected chi connectivity index (χ2v) is 8.13. The highest BCUT2D eigenvalue weighted by atomic mass is 32.2. The lowest BCUT2D eigenvalue weighted by Gasteiger charge is -2.36. The Labute approximate surface area is 174 Å². The van der Waals surface area contributed by atoms with Gasteiger partial charge in [0, 0.05) is 54.9 Å². The predicted molar refractivity (Wildman–Crippen MR) is 116 cm³/mol. The van der Waals surface area contributed by atoms with E-state index in [9.17, 15) is 4.79 Å². The first-order valence-corrected chi connectivity index (χ1v) is 10.6. The minimum Gasteiger partial charge on any atom is -0.352 e. The number of nitrogens with two attached hydrogens (primary N) is 1. The molecular weight excluding hydrogens is 384 g/mol. The number of pyridine rings is 1. The lowest BCUT2D eigenvalue weighted by molar-refractivity contribution is -0.134. The van der Waals surface area contributed by atoms with Gasteiger partial charge in [-0.3, -0.25) is 19.9 Å². The van der Waals surface area contributed by atoms with Gasteiger partial charge < -0.3 is 9.80 Å². The molecule has 0 saturated carbocycles. The maximum absolute atomic E-state index is 12.2. The van der Waals surface area contributed by atoms with Crippen LogP contribution in [-0.4, -0.2) is 51.9 Å². The molecule has 0 radical (unpaired) electrons.